The molecule has 1 saturated heterocycles. The summed E-state index contributed by atoms with van der Waals surface area (Å²) in [5.74, 6) is 1.61. The number of piperazine rings is 1. The number of carbonyl (C=O) groups is 1. The quantitative estimate of drug-likeness (QED) is 0.840. The molecule has 1 aliphatic rings. The summed E-state index contributed by atoms with van der Waals surface area (Å²) < 4.78 is 11.1. The molecule has 0 saturated carbocycles. The smallest absolute Gasteiger partial charge is 0.410 e. The SMILES string of the molecule is Cc1nc(CN2CCN(C(=O)OC(C)(C)C)[C@H](C)C2)oc1C. The lowest BCUT2D eigenvalue weighted by Gasteiger charge is -2.39. The van der Waals surface area contributed by atoms with Crippen molar-refractivity contribution in [2.75, 3.05) is 19.6 Å². The summed E-state index contributed by atoms with van der Waals surface area (Å²) in [5, 5.41) is 0. The van der Waals surface area contributed by atoms with Crippen molar-refractivity contribution in [3.8, 4) is 0 Å². The molecule has 1 amide bonds. The second kappa shape index (κ2) is 6.28. The number of aromatic nitrogens is 1. The van der Waals surface area contributed by atoms with Crippen molar-refractivity contribution in [3.05, 3.63) is 17.3 Å². The summed E-state index contributed by atoms with van der Waals surface area (Å²) in [5.41, 5.74) is 0.483. The van der Waals surface area contributed by atoms with Gasteiger partial charge in [0.2, 0.25) is 5.89 Å². The Morgan fingerprint density at radius 2 is 2.05 bits per heavy atom. The van der Waals surface area contributed by atoms with Gasteiger partial charge >= 0.3 is 6.09 Å². The highest BCUT2D eigenvalue weighted by atomic mass is 16.6. The van der Waals surface area contributed by atoms with Crippen LogP contribution in [0.1, 0.15) is 45.0 Å². The molecule has 1 aromatic rings. The first-order chi connectivity index (χ1) is 10.2. The van der Waals surface area contributed by atoms with Crippen molar-refractivity contribution in [1.29, 1.82) is 0 Å². The van der Waals surface area contributed by atoms with Crippen LogP contribution in [0.15, 0.2) is 4.42 Å². The van der Waals surface area contributed by atoms with Gasteiger partial charge in [0.05, 0.1) is 12.2 Å². The minimum Gasteiger partial charge on any atom is -0.444 e. The summed E-state index contributed by atoms with van der Waals surface area (Å²) in [4.78, 5) is 20.7. The van der Waals surface area contributed by atoms with Crippen LogP contribution in [-0.4, -0.2) is 52.2 Å². The maximum absolute atomic E-state index is 12.2. The van der Waals surface area contributed by atoms with E-state index < -0.39 is 5.60 Å². The van der Waals surface area contributed by atoms with Gasteiger partial charge in [0, 0.05) is 25.7 Å². The summed E-state index contributed by atoms with van der Waals surface area (Å²) >= 11 is 0. The summed E-state index contributed by atoms with van der Waals surface area (Å²) in [6.07, 6.45) is -0.234. The molecular weight excluding hydrogens is 282 g/mol. The summed E-state index contributed by atoms with van der Waals surface area (Å²) in [7, 11) is 0. The maximum Gasteiger partial charge on any atom is 0.410 e. The van der Waals surface area contributed by atoms with E-state index in [0.29, 0.717) is 13.1 Å². The molecule has 2 rings (SSSR count). The zero-order valence-electron chi connectivity index (χ0n) is 14.5. The van der Waals surface area contributed by atoms with Gasteiger partial charge in [-0.25, -0.2) is 9.78 Å². The van der Waals surface area contributed by atoms with Crippen LogP contribution < -0.4 is 0 Å². The van der Waals surface area contributed by atoms with E-state index >= 15 is 0 Å². The lowest BCUT2D eigenvalue weighted by atomic mass is 10.2. The first-order valence-electron chi connectivity index (χ1n) is 7.80. The first kappa shape index (κ1) is 16.8. The van der Waals surface area contributed by atoms with Crippen molar-refractivity contribution in [1.82, 2.24) is 14.8 Å². The highest BCUT2D eigenvalue weighted by molar-refractivity contribution is 5.68. The molecule has 1 fully saturated rings. The molecule has 0 N–H and O–H groups in total. The van der Waals surface area contributed by atoms with Gasteiger partial charge in [-0.15, -0.1) is 0 Å². The second-order valence-electron chi connectivity index (χ2n) is 7.01. The fourth-order valence-corrected chi connectivity index (χ4v) is 2.57. The van der Waals surface area contributed by atoms with E-state index in [1.54, 1.807) is 4.90 Å². The Morgan fingerprint density at radius 1 is 1.36 bits per heavy atom. The largest absolute Gasteiger partial charge is 0.444 e. The topological polar surface area (TPSA) is 58.8 Å². The average Bonchev–Trinajstić information content (AvgIpc) is 2.65. The Hall–Kier alpha value is -1.56. The average molecular weight is 309 g/mol. The van der Waals surface area contributed by atoms with Gasteiger partial charge in [-0.3, -0.25) is 4.90 Å². The van der Waals surface area contributed by atoms with Gasteiger partial charge in [0.15, 0.2) is 0 Å². The van der Waals surface area contributed by atoms with Crippen LogP contribution in [-0.2, 0) is 11.3 Å². The molecule has 6 heteroatoms. The zero-order chi connectivity index (χ0) is 16.5. The van der Waals surface area contributed by atoms with Crippen LogP contribution in [0, 0.1) is 13.8 Å². The maximum atomic E-state index is 12.2. The van der Waals surface area contributed by atoms with Crippen molar-refractivity contribution >= 4 is 6.09 Å². The van der Waals surface area contributed by atoms with Crippen molar-refractivity contribution < 1.29 is 13.9 Å². The predicted molar refractivity (Wildman–Crippen MR) is 83.7 cm³/mol. The third-order valence-electron chi connectivity index (χ3n) is 3.77. The predicted octanol–water partition coefficient (Wildman–Crippen LogP) is 2.73. The van der Waals surface area contributed by atoms with Crippen LogP contribution in [0.25, 0.3) is 0 Å². The van der Waals surface area contributed by atoms with Crippen LogP contribution in [0.4, 0.5) is 4.79 Å². The van der Waals surface area contributed by atoms with E-state index in [0.717, 1.165) is 30.4 Å². The van der Waals surface area contributed by atoms with Gasteiger partial charge < -0.3 is 14.1 Å². The molecule has 0 spiro atoms. The fraction of sp³-hybridized carbons (Fsp3) is 0.750. The normalized spacial score (nSPS) is 20.3. The molecule has 1 atom stereocenters. The number of hydrogen-bond acceptors (Lipinski definition) is 5. The highest BCUT2D eigenvalue weighted by Crippen LogP contribution is 2.18. The monoisotopic (exact) mass is 309 g/mol. The van der Waals surface area contributed by atoms with Crippen LogP contribution >= 0.6 is 0 Å². The van der Waals surface area contributed by atoms with Crippen molar-refractivity contribution in [3.63, 3.8) is 0 Å². The Bertz CT molecular complexity index is 514. The second-order valence-corrected chi connectivity index (χ2v) is 7.01. The Balaban J connectivity index is 1.91. The van der Waals surface area contributed by atoms with Gasteiger partial charge in [-0.2, -0.15) is 0 Å². The Labute approximate surface area is 132 Å². The van der Waals surface area contributed by atoms with Crippen molar-refractivity contribution in [2.45, 2.75) is 59.7 Å². The number of rotatable bonds is 2. The lowest BCUT2D eigenvalue weighted by molar-refractivity contribution is -0.000277. The highest BCUT2D eigenvalue weighted by Gasteiger charge is 2.31. The number of aryl methyl sites for hydroxylation is 2. The van der Waals surface area contributed by atoms with E-state index in [2.05, 4.69) is 9.88 Å². The molecule has 0 bridgehead atoms. The molecule has 1 aliphatic heterocycles. The number of oxazole rings is 1. The van der Waals surface area contributed by atoms with Crippen LogP contribution in [0.5, 0.6) is 0 Å². The standard InChI is InChI=1S/C16H27N3O3/c1-11-9-18(10-14-17-12(2)13(3)21-14)7-8-19(11)15(20)22-16(4,5)6/h11H,7-10H2,1-6H3/t11-/m1/s1. The molecular formula is C16H27N3O3. The molecule has 2 heterocycles. The molecule has 0 radical (unpaired) electrons. The van der Waals surface area contributed by atoms with Crippen LogP contribution in [0.2, 0.25) is 0 Å². The van der Waals surface area contributed by atoms with Crippen molar-refractivity contribution in [2.24, 2.45) is 0 Å². The van der Waals surface area contributed by atoms with Gasteiger partial charge in [0.25, 0.3) is 0 Å². The molecule has 124 valence electrons. The number of ether oxygens (including phenoxy) is 1. The van der Waals surface area contributed by atoms with E-state index in [4.69, 9.17) is 9.15 Å². The van der Waals surface area contributed by atoms with E-state index in [1.807, 2.05) is 41.5 Å². The van der Waals surface area contributed by atoms with E-state index in [1.165, 1.54) is 0 Å². The number of nitrogens with zero attached hydrogens (tertiary/aromatic N) is 3. The van der Waals surface area contributed by atoms with E-state index in [9.17, 15) is 4.79 Å². The number of hydrogen-bond donors (Lipinski definition) is 0. The molecule has 1 aromatic heterocycles. The summed E-state index contributed by atoms with van der Waals surface area (Å²) in [6, 6.07) is 0.112. The molecule has 22 heavy (non-hydrogen) atoms. The zero-order valence-corrected chi connectivity index (χ0v) is 14.5. The van der Waals surface area contributed by atoms with Gasteiger partial charge in [0.1, 0.15) is 11.4 Å². The number of amides is 1. The Morgan fingerprint density at radius 3 is 2.55 bits per heavy atom. The van der Waals surface area contributed by atoms with Crippen LogP contribution in [0.3, 0.4) is 0 Å². The fourth-order valence-electron chi connectivity index (χ4n) is 2.57. The molecule has 0 aliphatic carbocycles. The third-order valence-corrected chi connectivity index (χ3v) is 3.77. The Kier molecular flexibility index (Phi) is 4.80. The third kappa shape index (κ3) is 4.22. The first-order valence-corrected chi connectivity index (χ1v) is 7.80. The minimum atomic E-state index is -0.457. The van der Waals surface area contributed by atoms with Gasteiger partial charge in [-0.05, 0) is 41.5 Å². The van der Waals surface area contributed by atoms with Gasteiger partial charge in [-0.1, -0.05) is 0 Å². The lowest BCUT2D eigenvalue weighted by Crippen LogP contribution is -2.54. The summed E-state index contributed by atoms with van der Waals surface area (Å²) in [6.45, 7) is 14.5. The molecule has 0 aromatic carbocycles. The molecule has 6 nitrogen and oxygen atoms in total. The molecule has 0 unspecified atom stereocenters. The minimum absolute atomic E-state index is 0.112. The number of carbonyl (C=O) groups excluding carboxylic acids is 1. The van der Waals surface area contributed by atoms with E-state index in [-0.39, 0.29) is 12.1 Å².